The van der Waals surface area contributed by atoms with Gasteiger partial charge >= 0.3 is 0 Å². The molecule has 0 N–H and O–H groups in total. The summed E-state index contributed by atoms with van der Waals surface area (Å²) in [5, 5.41) is 11.3. The van der Waals surface area contributed by atoms with Crippen LogP contribution in [0.3, 0.4) is 0 Å². The van der Waals surface area contributed by atoms with Gasteiger partial charge in [0, 0.05) is 0 Å². The average molecular weight is 173 g/mol. The Morgan fingerprint density at radius 1 is 1.23 bits per heavy atom. The van der Waals surface area contributed by atoms with Gasteiger partial charge in [0.05, 0.1) is 5.71 Å². The summed E-state index contributed by atoms with van der Waals surface area (Å²) < 4.78 is 0. The van der Waals surface area contributed by atoms with E-state index in [4.69, 9.17) is 0 Å². The molecule has 0 radical (unpaired) electrons. The van der Waals surface area contributed by atoms with Crippen LogP contribution in [0.15, 0.2) is 39.7 Å². The molecule has 1 aliphatic rings. The van der Waals surface area contributed by atoms with Crippen LogP contribution in [0.2, 0.25) is 0 Å². The van der Waals surface area contributed by atoms with E-state index in [1.807, 2.05) is 0 Å². The SMILES string of the molecule is CCc1ccc(C2=NN=NC2)cc1. The van der Waals surface area contributed by atoms with Crippen molar-refractivity contribution in [2.75, 3.05) is 6.54 Å². The van der Waals surface area contributed by atoms with Crippen LogP contribution < -0.4 is 0 Å². The van der Waals surface area contributed by atoms with E-state index < -0.39 is 0 Å². The summed E-state index contributed by atoms with van der Waals surface area (Å²) in [6.07, 6.45) is 1.07. The molecular formula is C10H11N3. The van der Waals surface area contributed by atoms with Gasteiger partial charge in [0.25, 0.3) is 0 Å². The number of rotatable bonds is 2. The lowest BCUT2D eigenvalue weighted by Crippen LogP contribution is -2.01. The van der Waals surface area contributed by atoms with Crippen molar-refractivity contribution in [2.45, 2.75) is 13.3 Å². The van der Waals surface area contributed by atoms with Crippen molar-refractivity contribution in [1.82, 2.24) is 0 Å². The van der Waals surface area contributed by atoms with E-state index >= 15 is 0 Å². The molecule has 1 aliphatic heterocycles. The monoisotopic (exact) mass is 173 g/mol. The molecule has 1 heterocycles. The number of nitrogens with zero attached hydrogens (tertiary/aromatic N) is 3. The lowest BCUT2D eigenvalue weighted by Gasteiger charge is -1.99. The summed E-state index contributed by atoms with van der Waals surface area (Å²) in [7, 11) is 0. The summed E-state index contributed by atoms with van der Waals surface area (Å²) in [5.74, 6) is 0. The van der Waals surface area contributed by atoms with E-state index in [0.717, 1.165) is 17.7 Å². The molecule has 1 aromatic rings. The lowest BCUT2D eigenvalue weighted by molar-refractivity contribution is 1.06. The highest BCUT2D eigenvalue weighted by molar-refractivity contribution is 6.02. The fraction of sp³-hybridized carbons (Fsp3) is 0.300. The summed E-state index contributed by atoms with van der Waals surface area (Å²) in [6, 6.07) is 8.40. The normalized spacial score (nSPS) is 14.7. The predicted molar refractivity (Wildman–Crippen MR) is 52.1 cm³/mol. The minimum atomic E-state index is 0.617. The van der Waals surface area contributed by atoms with Gasteiger partial charge in [-0.15, -0.1) is 5.10 Å². The van der Waals surface area contributed by atoms with Gasteiger partial charge in [0.15, 0.2) is 0 Å². The Labute approximate surface area is 77.2 Å². The number of aryl methyl sites for hydroxylation is 1. The smallest absolute Gasteiger partial charge is 0.107 e. The maximum atomic E-state index is 3.94. The average Bonchev–Trinajstić information content (AvgIpc) is 2.71. The van der Waals surface area contributed by atoms with Gasteiger partial charge in [0.1, 0.15) is 6.54 Å². The molecule has 0 unspecified atom stereocenters. The lowest BCUT2D eigenvalue weighted by atomic mass is 10.1. The highest BCUT2D eigenvalue weighted by atomic mass is 15.4. The van der Waals surface area contributed by atoms with Crippen molar-refractivity contribution in [3.05, 3.63) is 35.4 Å². The molecule has 0 aliphatic carbocycles. The van der Waals surface area contributed by atoms with Crippen molar-refractivity contribution in [3.8, 4) is 0 Å². The van der Waals surface area contributed by atoms with Crippen molar-refractivity contribution in [1.29, 1.82) is 0 Å². The molecule has 0 amide bonds. The zero-order chi connectivity index (χ0) is 9.10. The molecule has 3 nitrogen and oxygen atoms in total. The van der Waals surface area contributed by atoms with E-state index in [0.29, 0.717) is 6.54 Å². The summed E-state index contributed by atoms with van der Waals surface area (Å²) >= 11 is 0. The number of benzene rings is 1. The Hall–Kier alpha value is -1.51. The quantitative estimate of drug-likeness (QED) is 0.658. The molecule has 0 bridgehead atoms. The molecule has 13 heavy (non-hydrogen) atoms. The van der Waals surface area contributed by atoms with Gasteiger partial charge in [-0.25, -0.2) is 0 Å². The van der Waals surface area contributed by atoms with E-state index in [2.05, 4.69) is 46.6 Å². The van der Waals surface area contributed by atoms with Gasteiger partial charge in [0.2, 0.25) is 0 Å². The van der Waals surface area contributed by atoms with E-state index in [1.54, 1.807) is 0 Å². The second-order valence-corrected chi connectivity index (χ2v) is 2.99. The first kappa shape index (κ1) is 8.10. The molecule has 66 valence electrons. The molecule has 3 heteroatoms. The first-order valence-electron chi connectivity index (χ1n) is 4.43. The largest absolute Gasteiger partial charge is 0.162 e. The second kappa shape index (κ2) is 3.47. The van der Waals surface area contributed by atoms with E-state index in [1.165, 1.54) is 5.56 Å². The predicted octanol–water partition coefficient (Wildman–Crippen LogP) is 2.42. The van der Waals surface area contributed by atoms with Crippen LogP contribution >= 0.6 is 0 Å². The Bertz CT molecular complexity index is 349. The van der Waals surface area contributed by atoms with Gasteiger partial charge in [-0.3, -0.25) is 0 Å². The molecule has 2 rings (SSSR count). The van der Waals surface area contributed by atoms with Crippen LogP contribution in [-0.4, -0.2) is 12.3 Å². The molecule has 1 aromatic carbocycles. The molecule has 0 atom stereocenters. The van der Waals surface area contributed by atoms with Crippen LogP contribution in [0.1, 0.15) is 18.1 Å². The van der Waals surface area contributed by atoms with Crippen molar-refractivity contribution >= 4 is 5.71 Å². The van der Waals surface area contributed by atoms with Gasteiger partial charge in [-0.05, 0) is 22.8 Å². The molecular weight excluding hydrogens is 162 g/mol. The van der Waals surface area contributed by atoms with E-state index in [9.17, 15) is 0 Å². The van der Waals surface area contributed by atoms with Crippen LogP contribution in [0.25, 0.3) is 0 Å². The molecule has 0 fully saturated rings. The van der Waals surface area contributed by atoms with Crippen molar-refractivity contribution in [2.24, 2.45) is 15.4 Å². The zero-order valence-electron chi connectivity index (χ0n) is 7.57. The minimum Gasteiger partial charge on any atom is -0.162 e. The van der Waals surface area contributed by atoms with Crippen molar-refractivity contribution < 1.29 is 0 Å². The standard InChI is InChI=1S/C10H11N3/c1-2-8-3-5-9(6-4-8)10-7-11-13-12-10/h3-6H,2,7H2,1H3. The topological polar surface area (TPSA) is 37.1 Å². The third kappa shape index (κ3) is 1.64. The molecule has 0 saturated carbocycles. The highest BCUT2D eigenvalue weighted by Gasteiger charge is 2.06. The molecule has 0 saturated heterocycles. The van der Waals surface area contributed by atoms with Gasteiger partial charge < -0.3 is 0 Å². The minimum absolute atomic E-state index is 0.617. The maximum Gasteiger partial charge on any atom is 0.107 e. The van der Waals surface area contributed by atoms with Crippen molar-refractivity contribution in [3.63, 3.8) is 0 Å². The van der Waals surface area contributed by atoms with E-state index in [-0.39, 0.29) is 0 Å². The Morgan fingerprint density at radius 2 is 2.00 bits per heavy atom. The third-order valence-corrected chi connectivity index (χ3v) is 2.14. The van der Waals surface area contributed by atoms with Crippen LogP contribution in [0.5, 0.6) is 0 Å². The summed E-state index contributed by atoms with van der Waals surface area (Å²) in [6.45, 7) is 2.76. The van der Waals surface area contributed by atoms with Crippen LogP contribution in [-0.2, 0) is 6.42 Å². The van der Waals surface area contributed by atoms with Gasteiger partial charge in [-0.2, -0.15) is 5.11 Å². The first-order chi connectivity index (χ1) is 6.40. The maximum absolute atomic E-state index is 3.94. The number of hydrogen-bond acceptors (Lipinski definition) is 3. The highest BCUT2D eigenvalue weighted by Crippen LogP contribution is 2.09. The Morgan fingerprint density at radius 3 is 2.54 bits per heavy atom. The zero-order valence-corrected chi connectivity index (χ0v) is 7.57. The third-order valence-electron chi connectivity index (χ3n) is 2.14. The molecule has 0 spiro atoms. The first-order valence-corrected chi connectivity index (χ1v) is 4.43. The van der Waals surface area contributed by atoms with Gasteiger partial charge in [-0.1, -0.05) is 31.2 Å². The summed E-state index contributed by atoms with van der Waals surface area (Å²) in [4.78, 5) is 0. The Kier molecular flexibility index (Phi) is 2.17. The molecule has 0 aromatic heterocycles. The summed E-state index contributed by atoms with van der Waals surface area (Å²) in [5.41, 5.74) is 3.43. The number of hydrogen-bond donors (Lipinski definition) is 0. The van der Waals surface area contributed by atoms with Crippen LogP contribution in [0.4, 0.5) is 0 Å². The second-order valence-electron chi connectivity index (χ2n) is 2.99. The van der Waals surface area contributed by atoms with Crippen LogP contribution in [0, 0.1) is 0 Å². The fourth-order valence-electron chi connectivity index (χ4n) is 1.30. The fourth-order valence-corrected chi connectivity index (χ4v) is 1.30. The Balaban J connectivity index is 2.23.